The number of hydrogen-bond donors (Lipinski definition) is 1. The molecule has 14 heavy (non-hydrogen) atoms. The maximum Gasteiger partial charge on any atom is 0.181 e. The summed E-state index contributed by atoms with van der Waals surface area (Å²) in [7, 11) is 3.94. The molecule has 0 aromatic heterocycles. The van der Waals surface area contributed by atoms with Crippen LogP contribution in [0.25, 0.3) is 0 Å². The molecule has 0 saturated heterocycles. The van der Waals surface area contributed by atoms with Crippen molar-refractivity contribution in [3.8, 4) is 0 Å². The zero-order valence-corrected chi connectivity index (χ0v) is 8.68. The van der Waals surface area contributed by atoms with Crippen LogP contribution >= 0.6 is 0 Å². The molecule has 1 unspecified atom stereocenters. The number of ether oxygens (including phenoxy) is 1. The Morgan fingerprint density at radius 3 is 2.50 bits per heavy atom. The third-order valence-corrected chi connectivity index (χ3v) is 1.90. The van der Waals surface area contributed by atoms with Crippen LogP contribution in [-0.4, -0.2) is 37.3 Å². The van der Waals surface area contributed by atoms with Crippen LogP contribution in [0.15, 0.2) is 30.3 Å². The van der Waals surface area contributed by atoms with E-state index in [-0.39, 0.29) is 0 Å². The minimum atomic E-state index is -0.809. The van der Waals surface area contributed by atoms with E-state index in [0.717, 1.165) is 12.1 Å². The number of hydrogen-bond acceptors (Lipinski definition) is 3. The summed E-state index contributed by atoms with van der Waals surface area (Å²) in [5.74, 6) is 0. The van der Waals surface area contributed by atoms with Gasteiger partial charge >= 0.3 is 0 Å². The van der Waals surface area contributed by atoms with Crippen LogP contribution in [0.4, 0.5) is 0 Å². The predicted octanol–water partition coefficient (Wildman–Crippen LogP) is 1.26. The average Bonchev–Trinajstić information content (AvgIpc) is 2.18. The summed E-state index contributed by atoms with van der Waals surface area (Å²) in [4.78, 5) is 2.01. The van der Waals surface area contributed by atoms with Crippen molar-refractivity contribution in [2.24, 2.45) is 0 Å². The molecule has 1 aromatic rings. The van der Waals surface area contributed by atoms with Crippen LogP contribution in [0.2, 0.25) is 0 Å². The van der Waals surface area contributed by atoms with Gasteiger partial charge in [-0.05, 0) is 14.1 Å². The molecule has 0 amide bonds. The highest BCUT2D eigenvalue weighted by atomic mass is 16.6. The molecule has 0 aliphatic rings. The number of benzene rings is 1. The zero-order chi connectivity index (χ0) is 10.4. The van der Waals surface area contributed by atoms with Gasteiger partial charge in [0.2, 0.25) is 0 Å². The lowest BCUT2D eigenvalue weighted by Crippen LogP contribution is -2.19. The quantitative estimate of drug-likeness (QED) is 0.718. The van der Waals surface area contributed by atoms with Crippen molar-refractivity contribution in [3.05, 3.63) is 35.9 Å². The SMILES string of the molecule is CN(C)CCOC(O)c1ccccc1. The fraction of sp³-hybridized carbons (Fsp3) is 0.455. The molecule has 0 fully saturated rings. The van der Waals surface area contributed by atoms with E-state index in [4.69, 9.17) is 4.74 Å². The van der Waals surface area contributed by atoms with E-state index < -0.39 is 6.29 Å². The Morgan fingerprint density at radius 1 is 1.29 bits per heavy atom. The number of rotatable bonds is 5. The summed E-state index contributed by atoms with van der Waals surface area (Å²) in [5.41, 5.74) is 0.797. The fourth-order valence-electron chi connectivity index (χ4n) is 1.06. The van der Waals surface area contributed by atoms with Gasteiger partial charge in [0, 0.05) is 12.1 Å². The van der Waals surface area contributed by atoms with Gasteiger partial charge in [-0.1, -0.05) is 30.3 Å². The van der Waals surface area contributed by atoms with E-state index >= 15 is 0 Å². The number of nitrogens with zero attached hydrogens (tertiary/aromatic N) is 1. The molecular formula is C11H17NO2. The predicted molar refractivity (Wildman–Crippen MR) is 55.9 cm³/mol. The van der Waals surface area contributed by atoms with Crippen LogP contribution in [0.1, 0.15) is 11.9 Å². The normalized spacial score (nSPS) is 13.1. The molecule has 0 spiro atoms. The first-order valence-corrected chi connectivity index (χ1v) is 4.69. The smallest absolute Gasteiger partial charge is 0.181 e. The zero-order valence-electron chi connectivity index (χ0n) is 8.68. The van der Waals surface area contributed by atoms with Gasteiger partial charge in [-0.2, -0.15) is 0 Å². The summed E-state index contributed by atoms with van der Waals surface area (Å²) >= 11 is 0. The summed E-state index contributed by atoms with van der Waals surface area (Å²) in [6, 6.07) is 9.37. The Hall–Kier alpha value is -0.900. The van der Waals surface area contributed by atoms with Gasteiger partial charge in [-0.15, -0.1) is 0 Å². The van der Waals surface area contributed by atoms with Crippen LogP contribution in [0.3, 0.4) is 0 Å². The highest BCUT2D eigenvalue weighted by Crippen LogP contribution is 2.12. The minimum Gasteiger partial charge on any atom is -0.364 e. The Bertz CT molecular complexity index is 249. The molecule has 3 heteroatoms. The number of likely N-dealkylation sites (N-methyl/N-ethyl adjacent to an activating group) is 1. The van der Waals surface area contributed by atoms with Crippen LogP contribution in [0.5, 0.6) is 0 Å². The lowest BCUT2D eigenvalue weighted by molar-refractivity contribution is -0.105. The lowest BCUT2D eigenvalue weighted by Gasteiger charge is -2.14. The third-order valence-electron chi connectivity index (χ3n) is 1.90. The minimum absolute atomic E-state index is 0.531. The van der Waals surface area contributed by atoms with Crippen LogP contribution in [0, 0.1) is 0 Å². The van der Waals surface area contributed by atoms with Gasteiger partial charge < -0.3 is 14.7 Å². The molecule has 1 rings (SSSR count). The topological polar surface area (TPSA) is 32.7 Å². The van der Waals surface area contributed by atoms with Crippen LogP contribution < -0.4 is 0 Å². The highest BCUT2D eigenvalue weighted by molar-refractivity contribution is 5.15. The average molecular weight is 195 g/mol. The summed E-state index contributed by atoms with van der Waals surface area (Å²) in [6.07, 6.45) is -0.809. The van der Waals surface area contributed by atoms with Crippen molar-refractivity contribution in [1.29, 1.82) is 0 Å². The van der Waals surface area contributed by atoms with Gasteiger partial charge in [0.15, 0.2) is 6.29 Å². The molecule has 0 aliphatic carbocycles. The van der Waals surface area contributed by atoms with E-state index in [1.165, 1.54) is 0 Å². The molecule has 0 aliphatic heterocycles. The van der Waals surface area contributed by atoms with Gasteiger partial charge in [0.25, 0.3) is 0 Å². The van der Waals surface area contributed by atoms with Gasteiger partial charge in [0.05, 0.1) is 6.61 Å². The molecule has 1 aromatic carbocycles. The monoisotopic (exact) mass is 195 g/mol. The first-order valence-electron chi connectivity index (χ1n) is 4.69. The summed E-state index contributed by atoms with van der Waals surface area (Å²) < 4.78 is 5.25. The van der Waals surface area contributed by atoms with E-state index in [1.807, 2.05) is 49.3 Å². The van der Waals surface area contributed by atoms with Crippen molar-refractivity contribution in [1.82, 2.24) is 4.90 Å². The second-order valence-electron chi connectivity index (χ2n) is 3.44. The van der Waals surface area contributed by atoms with Crippen molar-refractivity contribution in [3.63, 3.8) is 0 Å². The van der Waals surface area contributed by atoms with E-state index in [0.29, 0.717) is 6.61 Å². The van der Waals surface area contributed by atoms with E-state index in [2.05, 4.69) is 0 Å². The molecule has 0 radical (unpaired) electrons. The largest absolute Gasteiger partial charge is 0.364 e. The van der Waals surface area contributed by atoms with Gasteiger partial charge in [-0.25, -0.2) is 0 Å². The van der Waals surface area contributed by atoms with Crippen molar-refractivity contribution in [2.45, 2.75) is 6.29 Å². The maximum absolute atomic E-state index is 9.59. The highest BCUT2D eigenvalue weighted by Gasteiger charge is 2.05. The van der Waals surface area contributed by atoms with Gasteiger partial charge in [-0.3, -0.25) is 0 Å². The Balaban J connectivity index is 2.32. The molecule has 1 N–H and O–H groups in total. The van der Waals surface area contributed by atoms with E-state index in [1.54, 1.807) is 0 Å². The summed E-state index contributed by atoms with van der Waals surface area (Å²) in [6.45, 7) is 1.34. The Morgan fingerprint density at radius 2 is 1.93 bits per heavy atom. The lowest BCUT2D eigenvalue weighted by atomic mass is 10.2. The Labute approximate surface area is 84.9 Å². The molecule has 78 valence electrons. The first-order chi connectivity index (χ1) is 6.70. The maximum atomic E-state index is 9.59. The fourth-order valence-corrected chi connectivity index (χ4v) is 1.06. The second-order valence-corrected chi connectivity index (χ2v) is 3.44. The molecule has 1 atom stereocenters. The van der Waals surface area contributed by atoms with E-state index in [9.17, 15) is 5.11 Å². The first kappa shape index (κ1) is 11.2. The van der Waals surface area contributed by atoms with Crippen molar-refractivity contribution >= 4 is 0 Å². The summed E-state index contributed by atoms with van der Waals surface area (Å²) in [5, 5.41) is 9.59. The Kier molecular flexibility index (Phi) is 4.59. The molecular weight excluding hydrogens is 178 g/mol. The standard InChI is InChI=1S/C11H17NO2/c1-12(2)8-9-14-11(13)10-6-4-3-5-7-10/h3-7,11,13H,8-9H2,1-2H3. The second kappa shape index (κ2) is 5.75. The molecule has 0 heterocycles. The van der Waals surface area contributed by atoms with Crippen molar-refractivity contribution in [2.75, 3.05) is 27.2 Å². The molecule has 0 saturated carbocycles. The number of aliphatic hydroxyl groups excluding tert-OH is 1. The number of aliphatic hydroxyl groups is 1. The molecule has 3 nitrogen and oxygen atoms in total. The third kappa shape index (κ3) is 3.87. The van der Waals surface area contributed by atoms with Gasteiger partial charge in [0.1, 0.15) is 0 Å². The van der Waals surface area contributed by atoms with Crippen LogP contribution in [-0.2, 0) is 4.74 Å². The molecule has 0 bridgehead atoms. The van der Waals surface area contributed by atoms with Crippen molar-refractivity contribution < 1.29 is 9.84 Å².